The Labute approximate surface area is 132 Å². The van der Waals surface area contributed by atoms with E-state index in [0.29, 0.717) is 24.7 Å². The first-order valence-electron chi connectivity index (χ1n) is 6.46. The van der Waals surface area contributed by atoms with E-state index in [-0.39, 0.29) is 0 Å². The lowest BCUT2D eigenvalue weighted by molar-refractivity contribution is 0.210. The monoisotopic (exact) mass is 352 g/mol. The van der Waals surface area contributed by atoms with E-state index in [4.69, 9.17) is 18.9 Å². The average Bonchev–Trinajstić information content (AvgIpc) is 2.53. The summed E-state index contributed by atoms with van der Waals surface area (Å²) in [6, 6.07) is 13.1. The van der Waals surface area contributed by atoms with Crippen molar-refractivity contribution in [3.05, 3.63) is 46.9 Å². The van der Waals surface area contributed by atoms with Crippen molar-refractivity contribution in [2.75, 3.05) is 27.4 Å². The molecule has 0 aliphatic heterocycles. The molecule has 0 aromatic heterocycles. The topological polar surface area (TPSA) is 36.9 Å². The van der Waals surface area contributed by atoms with Crippen molar-refractivity contribution in [1.82, 2.24) is 0 Å². The molecule has 0 atom stereocenters. The third-order valence-corrected chi connectivity index (χ3v) is 3.43. The van der Waals surface area contributed by atoms with Crippen LogP contribution in [0.1, 0.15) is 0 Å². The quantitative estimate of drug-likeness (QED) is 0.707. The predicted octanol–water partition coefficient (Wildman–Crippen LogP) is 3.92. The van der Waals surface area contributed by atoms with E-state index in [1.165, 1.54) is 0 Å². The van der Waals surface area contributed by atoms with Crippen molar-refractivity contribution in [2.24, 2.45) is 0 Å². The first kappa shape index (κ1) is 15.5. The first-order chi connectivity index (χ1) is 10.2. The van der Waals surface area contributed by atoms with Gasteiger partial charge < -0.3 is 18.9 Å². The normalized spacial score (nSPS) is 10.0. The van der Waals surface area contributed by atoms with Crippen LogP contribution in [-0.4, -0.2) is 27.4 Å². The van der Waals surface area contributed by atoms with Gasteiger partial charge in [-0.05, 0) is 46.3 Å². The van der Waals surface area contributed by atoms with Gasteiger partial charge in [0.1, 0.15) is 24.7 Å². The summed E-state index contributed by atoms with van der Waals surface area (Å²) in [5.74, 6) is 2.94. The first-order valence-corrected chi connectivity index (χ1v) is 7.26. The molecule has 0 radical (unpaired) electrons. The number of hydrogen-bond donors (Lipinski definition) is 0. The third-order valence-electron chi connectivity index (χ3n) is 2.81. The lowest BCUT2D eigenvalue weighted by atomic mass is 10.3. The predicted molar refractivity (Wildman–Crippen MR) is 84.7 cm³/mol. The molecule has 0 saturated carbocycles. The molecule has 0 unspecified atom stereocenters. The molecule has 0 N–H and O–H groups in total. The van der Waals surface area contributed by atoms with Gasteiger partial charge >= 0.3 is 0 Å². The van der Waals surface area contributed by atoms with Gasteiger partial charge in [-0.25, -0.2) is 0 Å². The van der Waals surface area contributed by atoms with E-state index in [1.807, 2.05) is 42.5 Å². The van der Waals surface area contributed by atoms with Crippen molar-refractivity contribution < 1.29 is 18.9 Å². The summed E-state index contributed by atoms with van der Waals surface area (Å²) in [6.07, 6.45) is 0. The molecule has 2 rings (SSSR count). The van der Waals surface area contributed by atoms with Crippen LogP contribution >= 0.6 is 15.9 Å². The Bertz CT molecular complexity index is 586. The van der Waals surface area contributed by atoms with Gasteiger partial charge in [-0.1, -0.05) is 12.1 Å². The second-order valence-electron chi connectivity index (χ2n) is 4.14. The van der Waals surface area contributed by atoms with E-state index in [0.717, 1.165) is 16.0 Å². The zero-order chi connectivity index (χ0) is 15.1. The second-order valence-corrected chi connectivity index (χ2v) is 5.00. The zero-order valence-corrected chi connectivity index (χ0v) is 13.6. The van der Waals surface area contributed by atoms with Gasteiger partial charge in [0.05, 0.1) is 18.7 Å². The molecular formula is C16H17BrO4. The Morgan fingerprint density at radius 2 is 1.48 bits per heavy atom. The maximum atomic E-state index is 5.66. The van der Waals surface area contributed by atoms with E-state index in [9.17, 15) is 0 Å². The Balaban J connectivity index is 1.85. The standard InChI is InChI=1S/C16H17BrO4/c1-18-12-7-8-14(13(17)11-12)20-9-10-21-16-6-4-3-5-15(16)19-2/h3-8,11H,9-10H2,1-2H3. The van der Waals surface area contributed by atoms with Gasteiger partial charge in [0.25, 0.3) is 0 Å². The summed E-state index contributed by atoms with van der Waals surface area (Å²) in [6.45, 7) is 0.863. The molecule has 4 nitrogen and oxygen atoms in total. The maximum absolute atomic E-state index is 5.66. The van der Waals surface area contributed by atoms with Crippen LogP contribution in [0.15, 0.2) is 46.9 Å². The molecule has 5 heteroatoms. The van der Waals surface area contributed by atoms with Crippen LogP contribution in [0.5, 0.6) is 23.0 Å². The molecule has 2 aromatic rings. The third kappa shape index (κ3) is 4.29. The van der Waals surface area contributed by atoms with Crippen LogP contribution in [0.2, 0.25) is 0 Å². The number of para-hydroxylation sites is 2. The van der Waals surface area contributed by atoms with E-state index in [2.05, 4.69) is 15.9 Å². The van der Waals surface area contributed by atoms with Crippen LogP contribution < -0.4 is 18.9 Å². The van der Waals surface area contributed by atoms with Crippen molar-refractivity contribution in [1.29, 1.82) is 0 Å². The van der Waals surface area contributed by atoms with Crippen LogP contribution in [0.4, 0.5) is 0 Å². The minimum absolute atomic E-state index is 0.429. The molecule has 0 spiro atoms. The molecule has 0 aliphatic carbocycles. The summed E-state index contributed by atoms with van der Waals surface area (Å²) in [5, 5.41) is 0. The summed E-state index contributed by atoms with van der Waals surface area (Å²) in [7, 11) is 3.25. The fourth-order valence-corrected chi connectivity index (χ4v) is 2.24. The highest BCUT2D eigenvalue weighted by atomic mass is 79.9. The van der Waals surface area contributed by atoms with Crippen molar-refractivity contribution in [3.8, 4) is 23.0 Å². The van der Waals surface area contributed by atoms with Crippen molar-refractivity contribution in [2.45, 2.75) is 0 Å². The van der Waals surface area contributed by atoms with E-state index >= 15 is 0 Å². The molecule has 0 saturated heterocycles. The number of methoxy groups -OCH3 is 2. The van der Waals surface area contributed by atoms with Crippen LogP contribution in [0.3, 0.4) is 0 Å². The van der Waals surface area contributed by atoms with Crippen molar-refractivity contribution in [3.63, 3.8) is 0 Å². The molecule has 0 heterocycles. The fourth-order valence-electron chi connectivity index (χ4n) is 1.77. The SMILES string of the molecule is COc1ccc(OCCOc2ccccc2OC)c(Br)c1. The van der Waals surface area contributed by atoms with Crippen molar-refractivity contribution >= 4 is 15.9 Å². The Hall–Kier alpha value is -1.88. The van der Waals surface area contributed by atoms with Gasteiger partial charge in [0, 0.05) is 0 Å². The van der Waals surface area contributed by atoms with Crippen LogP contribution in [0.25, 0.3) is 0 Å². The maximum Gasteiger partial charge on any atom is 0.161 e. The minimum Gasteiger partial charge on any atom is -0.497 e. The molecule has 2 aromatic carbocycles. The largest absolute Gasteiger partial charge is 0.497 e. The lowest BCUT2D eigenvalue weighted by Gasteiger charge is -2.12. The summed E-state index contributed by atoms with van der Waals surface area (Å²) in [4.78, 5) is 0. The molecule has 21 heavy (non-hydrogen) atoms. The molecule has 0 amide bonds. The highest BCUT2D eigenvalue weighted by Gasteiger charge is 2.05. The number of ether oxygens (including phenoxy) is 4. The molecular weight excluding hydrogens is 336 g/mol. The summed E-state index contributed by atoms with van der Waals surface area (Å²) in [5.41, 5.74) is 0. The van der Waals surface area contributed by atoms with Gasteiger partial charge in [-0.2, -0.15) is 0 Å². The van der Waals surface area contributed by atoms with Crippen LogP contribution in [0, 0.1) is 0 Å². The fraction of sp³-hybridized carbons (Fsp3) is 0.250. The summed E-state index contributed by atoms with van der Waals surface area (Å²) < 4.78 is 22.5. The average molecular weight is 353 g/mol. The van der Waals surface area contributed by atoms with Gasteiger partial charge in [-0.3, -0.25) is 0 Å². The second kappa shape index (κ2) is 7.78. The lowest BCUT2D eigenvalue weighted by Crippen LogP contribution is -2.09. The Morgan fingerprint density at radius 1 is 0.810 bits per heavy atom. The van der Waals surface area contributed by atoms with Crippen LogP contribution in [-0.2, 0) is 0 Å². The summed E-state index contributed by atoms with van der Waals surface area (Å²) >= 11 is 3.44. The number of rotatable bonds is 7. The number of benzene rings is 2. The molecule has 0 aliphatic rings. The molecule has 0 bridgehead atoms. The van der Waals surface area contributed by atoms with E-state index in [1.54, 1.807) is 14.2 Å². The highest BCUT2D eigenvalue weighted by molar-refractivity contribution is 9.10. The van der Waals surface area contributed by atoms with Gasteiger partial charge in [0.2, 0.25) is 0 Å². The molecule has 0 fully saturated rings. The Kier molecular flexibility index (Phi) is 5.75. The highest BCUT2D eigenvalue weighted by Crippen LogP contribution is 2.29. The molecule has 112 valence electrons. The Morgan fingerprint density at radius 3 is 2.10 bits per heavy atom. The zero-order valence-electron chi connectivity index (χ0n) is 12.0. The van der Waals surface area contributed by atoms with Gasteiger partial charge in [-0.15, -0.1) is 0 Å². The van der Waals surface area contributed by atoms with Gasteiger partial charge in [0.15, 0.2) is 11.5 Å². The smallest absolute Gasteiger partial charge is 0.161 e. The number of halogens is 1. The van der Waals surface area contributed by atoms with E-state index < -0.39 is 0 Å². The minimum atomic E-state index is 0.429. The number of hydrogen-bond acceptors (Lipinski definition) is 4.